The van der Waals surface area contributed by atoms with Gasteiger partial charge in [0, 0.05) is 6.07 Å². The van der Waals surface area contributed by atoms with E-state index in [9.17, 15) is 13.2 Å². The first-order chi connectivity index (χ1) is 8.88. The number of anilines is 1. The molecule has 0 saturated carbocycles. The Morgan fingerprint density at radius 1 is 1.37 bits per heavy atom. The maximum absolute atomic E-state index is 12.0. The van der Waals surface area contributed by atoms with E-state index in [2.05, 4.69) is 14.7 Å². The predicted molar refractivity (Wildman–Crippen MR) is 69.1 cm³/mol. The minimum Gasteiger partial charge on any atom is -0.477 e. The molecule has 0 unspecified atom stereocenters. The average Bonchev–Trinajstić information content (AvgIpc) is 2.78. The molecular weight excluding hydrogens is 314 g/mol. The van der Waals surface area contributed by atoms with E-state index in [1.54, 1.807) is 0 Å². The molecule has 0 radical (unpaired) electrons. The molecule has 0 aliphatic rings. The summed E-state index contributed by atoms with van der Waals surface area (Å²) < 4.78 is 26.0. The second kappa shape index (κ2) is 5.11. The fourth-order valence-corrected chi connectivity index (χ4v) is 3.45. The molecule has 0 amide bonds. The van der Waals surface area contributed by atoms with E-state index in [-0.39, 0.29) is 20.1 Å². The first-order valence-corrected chi connectivity index (χ1v) is 7.40. The molecule has 19 heavy (non-hydrogen) atoms. The number of thiophene rings is 1. The Kier molecular flexibility index (Phi) is 3.69. The molecular formula is C9H6ClN3O4S2. The van der Waals surface area contributed by atoms with Crippen LogP contribution in [0.15, 0.2) is 28.7 Å². The van der Waals surface area contributed by atoms with Gasteiger partial charge in [-0.05, 0) is 12.1 Å². The lowest BCUT2D eigenvalue weighted by molar-refractivity contribution is 0.0702. The summed E-state index contributed by atoms with van der Waals surface area (Å²) in [6, 6.07) is 3.67. The second-order valence-electron chi connectivity index (χ2n) is 3.26. The molecule has 0 saturated heterocycles. The van der Waals surface area contributed by atoms with Crippen LogP contribution in [0.1, 0.15) is 9.67 Å². The molecule has 0 fully saturated rings. The summed E-state index contributed by atoms with van der Waals surface area (Å²) >= 11 is 6.25. The van der Waals surface area contributed by atoms with Crippen molar-refractivity contribution in [1.82, 2.24) is 9.97 Å². The van der Waals surface area contributed by atoms with Crippen LogP contribution < -0.4 is 4.72 Å². The first-order valence-electron chi connectivity index (χ1n) is 4.72. The van der Waals surface area contributed by atoms with Crippen LogP contribution in [0.4, 0.5) is 5.82 Å². The average molecular weight is 320 g/mol. The zero-order valence-corrected chi connectivity index (χ0v) is 11.5. The van der Waals surface area contributed by atoms with Gasteiger partial charge in [-0.2, -0.15) is 0 Å². The summed E-state index contributed by atoms with van der Waals surface area (Å²) in [6.07, 6.45) is 1.11. The normalized spacial score (nSPS) is 11.2. The highest BCUT2D eigenvalue weighted by Crippen LogP contribution is 2.23. The van der Waals surface area contributed by atoms with Crippen molar-refractivity contribution in [1.29, 1.82) is 0 Å². The number of halogens is 1. The van der Waals surface area contributed by atoms with Gasteiger partial charge in [0.1, 0.15) is 26.4 Å². The van der Waals surface area contributed by atoms with Crippen LogP contribution in [0, 0.1) is 0 Å². The lowest BCUT2D eigenvalue weighted by Gasteiger charge is -2.04. The molecule has 0 atom stereocenters. The van der Waals surface area contributed by atoms with Crippen molar-refractivity contribution in [3.05, 3.63) is 34.6 Å². The van der Waals surface area contributed by atoms with Crippen LogP contribution in [0.25, 0.3) is 0 Å². The van der Waals surface area contributed by atoms with E-state index in [0.29, 0.717) is 11.3 Å². The van der Waals surface area contributed by atoms with Gasteiger partial charge >= 0.3 is 5.97 Å². The van der Waals surface area contributed by atoms with Crippen LogP contribution in [0.3, 0.4) is 0 Å². The molecule has 2 heterocycles. The standard InChI is InChI=1S/C9H6ClN3O4S2/c10-6-3-7(12-4-11-6)13-19(16,17)8-2-1-5(18-8)9(14)15/h1-4H,(H,14,15)(H,11,12,13). The molecule has 2 aromatic rings. The third-order valence-corrected chi connectivity index (χ3v) is 5.06. The Bertz CT molecular complexity index is 729. The van der Waals surface area contributed by atoms with Gasteiger partial charge in [-0.25, -0.2) is 23.2 Å². The molecule has 2 N–H and O–H groups in total. The van der Waals surface area contributed by atoms with E-state index in [1.165, 1.54) is 18.2 Å². The Morgan fingerprint density at radius 2 is 2.11 bits per heavy atom. The molecule has 0 aliphatic heterocycles. The first kappa shape index (κ1) is 13.7. The molecule has 2 aromatic heterocycles. The number of hydrogen-bond donors (Lipinski definition) is 2. The Labute approximate surface area is 117 Å². The van der Waals surface area contributed by atoms with Crippen LogP contribution in [0.2, 0.25) is 5.15 Å². The zero-order chi connectivity index (χ0) is 14.0. The monoisotopic (exact) mass is 319 g/mol. The number of sulfonamides is 1. The highest BCUT2D eigenvalue weighted by atomic mass is 35.5. The van der Waals surface area contributed by atoms with Crippen molar-refractivity contribution in [2.45, 2.75) is 4.21 Å². The van der Waals surface area contributed by atoms with E-state index in [1.807, 2.05) is 0 Å². The quantitative estimate of drug-likeness (QED) is 0.830. The largest absolute Gasteiger partial charge is 0.477 e. The third kappa shape index (κ3) is 3.19. The summed E-state index contributed by atoms with van der Waals surface area (Å²) in [6.45, 7) is 0. The fraction of sp³-hybridized carbons (Fsp3) is 0. The van der Waals surface area contributed by atoms with Crippen molar-refractivity contribution in [2.24, 2.45) is 0 Å². The number of aromatic carboxylic acids is 1. The molecule has 10 heteroatoms. The van der Waals surface area contributed by atoms with Crippen molar-refractivity contribution in [3.8, 4) is 0 Å². The van der Waals surface area contributed by atoms with Gasteiger partial charge in [-0.3, -0.25) is 4.72 Å². The van der Waals surface area contributed by atoms with E-state index in [0.717, 1.165) is 6.33 Å². The van der Waals surface area contributed by atoms with Gasteiger partial charge in [0.25, 0.3) is 10.0 Å². The SMILES string of the molecule is O=C(O)c1ccc(S(=O)(=O)Nc2cc(Cl)ncn2)s1. The number of rotatable bonds is 4. The number of carbonyl (C=O) groups is 1. The fourth-order valence-electron chi connectivity index (χ4n) is 1.16. The number of carboxylic acid groups (broad SMARTS) is 1. The summed E-state index contributed by atoms with van der Waals surface area (Å²) in [7, 11) is -3.89. The number of carboxylic acids is 1. The van der Waals surface area contributed by atoms with Crippen molar-refractivity contribution >= 4 is 44.7 Å². The maximum Gasteiger partial charge on any atom is 0.345 e. The summed E-state index contributed by atoms with van der Waals surface area (Å²) in [4.78, 5) is 17.9. The number of hydrogen-bond acceptors (Lipinski definition) is 6. The maximum atomic E-state index is 12.0. The highest BCUT2D eigenvalue weighted by molar-refractivity contribution is 7.94. The Hall–Kier alpha value is -1.71. The Balaban J connectivity index is 2.29. The van der Waals surface area contributed by atoms with E-state index < -0.39 is 16.0 Å². The molecule has 0 aromatic carbocycles. The third-order valence-electron chi connectivity index (χ3n) is 1.93. The molecule has 0 aliphatic carbocycles. The van der Waals surface area contributed by atoms with Crippen molar-refractivity contribution < 1.29 is 18.3 Å². The molecule has 0 bridgehead atoms. The number of nitrogens with one attached hydrogen (secondary N) is 1. The van der Waals surface area contributed by atoms with Gasteiger partial charge in [-0.15, -0.1) is 11.3 Å². The second-order valence-corrected chi connectivity index (χ2v) is 6.64. The lowest BCUT2D eigenvalue weighted by Crippen LogP contribution is -2.12. The van der Waals surface area contributed by atoms with Gasteiger partial charge < -0.3 is 5.11 Å². The number of nitrogens with zero attached hydrogens (tertiary/aromatic N) is 2. The smallest absolute Gasteiger partial charge is 0.345 e. The summed E-state index contributed by atoms with van der Waals surface area (Å²) in [5.74, 6) is -1.18. The molecule has 100 valence electrons. The molecule has 2 rings (SSSR count). The van der Waals surface area contributed by atoms with Crippen molar-refractivity contribution in [2.75, 3.05) is 4.72 Å². The predicted octanol–water partition coefficient (Wildman–Crippen LogP) is 1.69. The van der Waals surface area contributed by atoms with Gasteiger partial charge in [0.05, 0.1) is 0 Å². The van der Waals surface area contributed by atoms with Crippen LogP contribution in [-0.2, 0) is 10.0 Å². The Morgan fingerprint density at radius 3 is 2.68 bits per heavy atom. The van der Waals surface area contributed by atoms with E-state index in [4.69, 9.17) is 16.7 Å². The minimum absolute atomic E-state index is 0.00488. The topological polar surface area (TPSA) is 109 Å². The zero-order valence-electron chi connectivity index (χ0n) is 9.07. The minimum atomic E-state index is -3.89. The van der Waals surface area contributed by atoms with Gasteiger partial charge in [-0.1, -0.05) is 11.6 Å². The number of aromatic nitrogens is 2. The van der Waals surface area contributed by atoms with Crippen molar-refractivity contribution in [3.63, 3.8) is 0 Å². The van der Waals surface area contributed by atoms with Crippen LogP contribution in [0.5, 0.6) is 0 Å². The van der Waals surface area contributed by atoms with Gasteiger partial charge in [0.15, 0.2) is 0 Å². The van der Waals surface area contributed by atoms with Crippen LogP contribution in [-0.4, -0.2) is 29.5 Å². The molecule has 0 spiro atoms. The van der Waals surface area contributed by atoms with E-state index >= 15 is 0 Å². The van der Waals surface area contributed by atoms with Gasteiger partial charge in [0.2, 0.25) is 0 Å². The lowest BCUT2D eigenvalue weighted by atomic mass is 10.5. The highest BCUT2D eigenvalue weighted by Gasteiger charge is 2.19. The van der Waals surface area contributed by atoms with Crippen LogP contribution >= 0.6 is 22.9 Å². The summed E-state index contributed by atoms with van der Waals surface area (Å²) in [5, 5.41) is 8.84. The molecule has 7 nitrogen and oxygen atoms in total. The summed E-state index contributed by atoms with van der Waals surface area (Å²) in [5.41, 5.74) is 0.